The lowest BCUT2D eigenvalue weighted by atomic mass is 10.1. The Hall–Kier alpha value is -3.59. The van der Waals surface area contributed by atoms with Crippen LogP contribution in [0.2, 0.25) is 0 Å². The average molecular weight is 380 g/mol. The van der Waals surface area contributed by atoms with E-state index in [1.165, 1.54) is 6.07 Å². The van der Waals surface area contributed by atoms with Crippen molar-refractivity contribution in [1.82, 2.24) is 15.0 Å². The molecule has 0 atom stereocenters. The van der Waals surface area contributed by atoms with Crippen molar-refractivity contribution in [3.63, 3.8) is 0 Å². The lowest BCUT2D eigenvalue weighted by Crippen LogP contribution is -2.10. The molecule has 0 aliphatic carbocycles. The molecular formula is C19H20N6O3. The smallest absolute Gasteiger partial charge is 0.274 e. The Balaban J connectivity index is 1.85. The van der Waals surface area contributed by atoms with Gasteiger partial charge in [0.25, 0.3) is 5.69 Å². The molecule has 0 fully saturated rings. The van der Waals surface area contributed by atoms with Crippen molar-refractivity contribution in [3.8, 4) is 11.3 Å². The summed E-state index contributed by atoms with van der Waals surface area (Å²) in [4.78, 5) is 23.7. The number of pyridine rings is 1. The second-order valence-electron chi connectivity index (χ2n) is 5.94. The number of nitro benzene ring substituents is 1. The zero-order chi connectivity index (χ0) is 19.8. The van der Waals surface area contributed by atoms with Gasteiger partial charge >= 0.3 is 0 Å². The van der Waals surface area contributed by atoms with Gasteiger partial charge in [-0.25, -0.2) is 4.98 Å². The van der Waals surface area contributed by atoms with Crippen LogP contribution >= 0.6 is 0 Å². The van der Waals surface area contributed by atoms with Gasteiger partial charge in [-0.15, -0.1) is 0 Å². The topological polar surface area (TPSA) is 126 Å². The summed E-state index contributed by atoms with van der Waals surface area (Å²) >= 11 is 0. The van der Waals surface area contributed by atoms with E-state index in [9.17, 15) is 10.1 Å². The number of hydrogen-bond donors (Lipinski definition) is 3. The second-order valence-corrected chi connectivity index (χ2v) is 5.94. The third-order valence-electron chi connectivity index (χ3n) is 3.97. The predicted octanol–water partition coefficient (Wildman–Crippen LogP) is 2.85. The molecule has 28 heavy (non-hydrogen) atoms. The number of nitro groups is 1. The van der Waals surface area contributed by atoms with Crippen molar-refractivity contribution in [2.24, 2.45) is 0 Å². The fourth-order valence-corrected chi connectivity index (χ4v) is 2.59. The number of nitrogens with zero attached hydrogens (tertiary/aromatic N) is 4. The Morgan fingerprint density at radius 2 is 1.86 bits per heavy atom. The van der Waals surface area contributed by atoms with Crippen LogP contribution < -0.4 is 10.6 Å². The lowest BCUT2D eigenvalue weighted by Gasteiger charge is -2.11. The molecule has 0 saturated carbocycles. The molecule has 9 heteroatoms. The maximum atomic E-state index is 11.2. The molecule has 0 aliphatic heterocycles. The van der Waals surface area contributed by atoms with Gasteiger partial charge in [0.1, 0.15) is 5.82 Å². The Kier molecular flexibility index (Phi) is 6.42. The highest BCUT2D eigenvalue weighted by molar-refractivity contribution is 5.64. The van der Waals surface area contributed by atoms with Crippen LogP contribution in [0.5, 0.6) is 0 Å². The van der Waals surface area contributed by atoms with E-state index in [4.69, 9.17) is 5.11 Å². The Morgan fingerprint density at radius 1 is 1.07 bits per heavy atom. The highest BCUT2D eigenvalue weighted by Crippen LogP contribution is 2.23. The molecule has 144 valence electrons. The molecule has 3 rings (SSSR count). The van der Waals surface area contributed by atoms with Crippen LogP contribution in [0.25, 0.3) is 11.3 Å². The molecule has 3 N–H and O–H groups in total. The molecule has 0 amide bonds. The van der Waals surface area contributed by atoms with Crippen molar-refractivity contribution < 1.29 is 10.0 Å². The van der Waals surface area contributed by atoms with E-state index >= 15 is 0 Å². The van der Waals surface area contributed by atoms with Crippen molar-refractivity contribution in [2.75, 3.05) is 23.8 Å². The molecular weight excluding hydrogens is 360 g/mol. The number of aliphatic hydroxyl groups excluding tert-OH is 1. The summed E-state index contributed by atoms with van der Waals surface area (Å²) in [5.74, 6) is 0.944. The zero-order valence-corrected chi connectivity index (χ0v) is 15.1. The summed E-state index contributed by atoms with van der Waals surface area (Å²) in [6.07, 6.45) is 3.93. The minimum Gasteiger partial charge on any atom is -0.396 e. The summed E-state index contributed by atoms with van der Waals surface area (Å²) in [6.45, 7) is 0.847. The Morgan fingerprint density at radius 3 is 2.61 bits per heavy atom. The van der Waals surface area contributed by atoms with E-state index in [1.54, 1.807) is 36.7 Å². The van der Waals surface area contributed by atoms with Crippen molar-refractivity contribution in [1.29, 1.82) is 0 Å². The molecule has 0 aliphatic rings. The second kappa shape index (κ2) is 9.38. The highest BCUT2D eigenvalue weighted by Gasteiger charge is 2.13. The first-order chi connectivity index (χ1) is 13.7. The van der Waals surface area contributed by atoms with Crippen LogP contribution in [0.4, 0.5) is 17.5 Å². The zero-order valence-electron chi connectivity index (χ0n) is 15.1. The summed E-state index contributed by atoms with van der Waals surface area (Å²) in [6, 6.07) is 12.0. The maximum absolute atomic E-state index is 11.2. The summed E-state index contributed by atoms with van der Waals surface area (Å²) in [5, 5.41) is 26.4. The largest absolute Gasteiger partial charge is 0.396 e. The monoisotopic (exact) mass is 380 g/mol. The first kappa shape index (κ1) is 19.2. The third kappa shape index (κ3) is 4.98. The average Bonchev–Trinajstić information content (AvgIpc) is 2.73. The van der Waals surface area contributed by atoms with E-state index < -0.39 is 4.92 Å². The van der Waals surface area contributed by atoms with Gasteiger partial charge in [0.2, 0.25) is 5.95 Å². The van der Waals surface area contributed by atoms with Gasteiger partial charge in [-0.1, -0.05) is 18.2 Å². The van der Waals surface area contributed by atoms with Gasteiger partial charge < -0.3 is 15.7 Å². The van der Waals surface area contributed by atoms with Gasteiger partial charge in [-0.2, -0.15) is 4.98 Å². The van der Waals surface area contributed by atoms with E-state index in [0.717, 1.165) is 5.56 Å². The number of nitrogens with one attached hydrogen (secondary N) is 2. The summed E-state index contributed by atoms with van der Waals surface area (Å²) in [7, 11) is 0. The van der Waals surface area contributed by atoms with Gasteiger partial charge in [-0.3, -0.25) is 15.1 Å². The number of rotatable bonds is 9. The SMILES string of the molecule is O=[N+]([O-])c1ccccc1CNc1cc(-c2ccncc2)nc(NCCCO)n1. The molecule has 0 unspecified atom stereocenters. The Labute approximate surface area is 161 Å². The van der Waals surface area contributed by atoms with Gasteiger partial charge in [0, 0.05) is 55.3 Å². The number of aliphatic hydroxyl groups is 1. The molecule has 2 heterocycles. The van der Waals surface area contributed by atoms with Crippen LogP contribution in [-0.4, -0.2) is 38.1 Å². The van der Waals surface area contributed by atoms with Crippen LogP contribution in [0.3, 0.4) is 0 Å². The van der Waals surface area contributed by atoms with Crippen molar-refractivity contribution in [3.05, 3.63) is 70.5 Å². The predicted molar refractivity (Wildman–Crippen MR) is 106 cm³/mol. The number of hydrogen-bond acceptors (Lipinski definition) is 8. The van der Waals surface area contributed by atoms with Gasteiger partial charge in [0.05, 0.1) is 10.6 Å². The first-order valence-corrected chi connectivity index (χ1v) is 8.78. The summed E-state index contributed by atoms with van der Waals surface area (Å²) in [5.41, 5.74) is 2.18. The number of anilines is 2. The van der Waals surface area contributed by atoms with Crippen LogP contribution in [0, 0.1) is 10.1 Å². The van der Waals surface area contributed by atoms with Crippen LogP contribution in [-0.2, 0) is 6.54 Å². The van der Waals surface area contributed by atoms with Crippen molar-refractivity contribution in [2.45, 2.75) is 13.0 Å². The molecule has 0 spiro atoms. The molecule has 0 bridgehead atoms. The van der Waals surface area contributed by atoms with Crippen molar-refractivity contribution >= 4 is 17.5 Å². The number of benzene rings is 1. The fourth-order valence-electron chi connectivity index (χ4n) is 2.59. The normalized spacial score (nSPS) is 10.5. The number of aromatic nitrogens is 3. The minimum absolute atomic E-state index is 0.0553. The van der Waals surface area contributed by atoms with E-state index in [0.29, 0.717) is 36.0 Å². The van der Waals surface area contributed by atoms with Crippen LogP contribution in [0.1, 0.15) is 12.0 Å². The van der Waals surface area contributed by atoms with Crippen LogP contribution in [0.15, 0.2) is 54.9 Å². The fraction of sp³-hybridized carbons (Fsp3) is 0.211. The summed E-state index contributed by atoms with van der Waals surface area (Å²) < 4.78 is 0. The Bertz CT molecular complexity index is 936. The first-order valence-electron chi connectivity index (χ1n) is 8.78. The van der Waals surface area contributed by atoms with E-state index in [1.807, 2.05) is 12.1 Å². The third-order valence-corrected chi connectivity index (χ3v) is 3.97. The molecule has 0 saturated heterocycles. The lowest BCUT2D eigenvalue weighted by molar-refractivity contribution is -0.385. The molecule has 0 radical (unpaired) electrons. The molecule has 3 aromatic rings. The highest BCUT2D eigenvalue weighted by atomic mass is 16.6. The molecule has 1 aromatic carbocycles. The van der Waals surface area contributed by atoms with E-state index in [2.05, 4.69) is 25.6 Å². The van der Waals surface area contributed by atoms with Gasteiger partial charge in [0.15, 0.2) is 0 Å². The molecule has 9 nitrogen and oxygen atoms in total. The quantitative estimate of drug-likeness (QED) is 0.294. The number of para-hydroxylation sites is 1. The minimum atomic E-state index is -0.402. The van der Waals surface area contributed by atoms with E-state index in [-0.39, 0.29) is 18.8 Å². The van der Waals surface area contributed by atoms with Gasteiger partial charge in [-0.05, 0) is 18.6 Å². The maximum Gasteiger partial charge on any atom is 0.274 e. The standard InChI is InChI=1S/C19H20N6O3/c26-11-3-8-21-19-23-16(14-6-9-20-10-7-14)12-18(24-19)22-13-15-4-1-2-5-17(15)25(27)28/h1-2,4-7,9-10,12,26H,3,8,11,13H2,(H2,21,22,23,24). The molecule has 2 aromatic heterocycles.